The fraction of sp³-hybridized carbons (Fsp3) is 0.351. The summed E-state index contributed by atoms with van der Waals surface area (Å²) in [4.78, 5) is 0. The molecule has 0 aliphatic carbocycles. The van der Waals surface area contributed by atoms with Crippen molar-refractivity contribution in [3.63, 3.8) is 0 Å². The molecule has 1 aliphatic rings. The molecular weight excluding hydrogens is 556 g/mol. The van der Waals surface area contributed by atoms with Crippen LogP contribution in [0.4, 0.5) is 0 Å². The van der Waals surface area contributed by atoms with E-state index in [0.29, 0.717) is 38.3 Å². The van der Waals surface area contributed by atoms with Crippen LogP contribution in [-0.2, 0) is 50.1 Å². The monoisotopic (exact) mass is 598 g/mol. The number of benzene rings is 4. The predicted molar refractivity (Wildman–Crippen MR) is 173 cm³/mol. The quantitative estimate of drug-likeness (QED) is 0.139. The summed E-state index contributed by atoms with van der Waals surface area (Å²) in [7, 11) is 0. The van der Waals surface area contributed by atoms with Gasteiger partial charge in [0.15, 0.2) is 0 Å². The predicted octanol–water partition coefficient (Wildman–Crippen LogP) is 7.83. The third-order valence-electron chi connectivity index (χ3n) is 7.25. The van der Waals surface area contributed by atoms with E-state index in [4.69, 9.17) is 23.7 Å². The Hall–Kier alpha value is -2.97. The molecule has 5 nitrogen and oxygen atoms in total. The van der Waals surface area contributed by atoms with Crippen molar-refractivity contribution >= 4 is 11.8 Å². The zero-order valence-electron chi connectivity index (χ0n) is 25.0. The fourth-order valence-corrected chi connectivity index (χ4v) is 6.26. The zero-order chi connectivity index (χ0) is 29.7. The molecule has 5 rings (SSSR count). The Morgan fingerprint density at radius 2 is 0.930 bits per heavy atom. The van der Waals surface area contributed by atoms with E-state index in [2.05, 4.69) is 62.4 Å². The van der Waals surface area contributed by atoms with E-state index >= 15 is 0 Å². The van der Waals surface area contributed by atoms with Gasteiger partial charge in [0.2, 0.25) is 0 Å². The van der Waals surface area contributed by atoms with Crippen LogP contribution in [0, 0.1) is 0 Å². The standard InChI is InChI=1S/C37H42O5S/c1-28(2)43-37-36(41-26-32-21-13-6-14-22-32)35(40-25-31-19-11-5-12-20-31)34(39-24-30-17-9-4-10-18-30)33(42-37)27-38-23-29-15-7-3-8-16-29/h3-22,28,33-37H,23-27H2,1-2H3/t33-,34+,35+,36-,37+/m1/s1. The second-order valence-electron chi connectivity index (χ2n) is 11.0. The van der Waals surface area contributed by atoms with Crippen LogP contribution in [0.3, 0.4) is 0 Å². The Bertz CT molecular complexity index is 1310. The molecule has 1 fully saturated rings. The molecule has 43 heavy (non-hydrogen) atoms. The van der Waals surface area contributed by atoms with Crippen LogP contribution in [-0.4, -0.2) is 41.7 Å². The van der Waals surface area contributed by atoms with E-state index in [9.17, 15) is 0 Å². The molecule has 0 aromatic heterocycles. The van der Waals surface area contributed by atoms with Crippen molar-refractivity contribution in [3.05, 3.63) is 144 Å². The lowest BCUT2D eigenvalue weighted by atomic mass is 9.98. The van der Waals surface area contributed by atoms with Crippen LogP contribution >= 0.6 is 11.8 Å². The third-order valence-corrected chi connectivity index (χ3v) is 8.44. The first kappa shape index (κ1) is 31.5. The number of rotatable bonds is 15. The normalized spacial score (nSPS) is 22.1. The molecule has 4 aromatic carbocycles. The van der Waals surface area contributed by atoms with Gasteiger partial charge in [-0.3, -0.25) is 0 Å². The topological polar surface area (TPSA) is 46.2 Å². The summed E-state index contributed by atoms with van der Waals surface area (Å²) in [5.41, 5.74) is 4.16. The molecule has 0 unspecified atom stereocenters. The minimum Gasteiger partial charge on any atom is -0.374 e. The Morgan fingerprint density at radius 1 is 0.535 bits per heavy atom. The lowest BCUT2D eigenvalue weighted by Gasteiger charge is -2.46. The Labute approximate surface area is 260 Å². The van der Waals surface area contributed by atoms with Gasteiger partial charge in [0, 0.05) is 5.25 Å². The molecular formula is C37H42O5S. The van der Waals surface area contributed by atoms with Gasteiger partial charge >= 0.3 is 0 Å². The molecule has 1 aliphatic heterocycles. The van der Waals surface area contributed by atoms with E-state index in [-0.39, 0.29) is 23.7 Å². The van der Waals surface area contributed by atoms with Crippen LogP contribution < -0.4 is 0 Å². The smallest absolute Gasteiger partial charge is 0.132 e. The molecule has 226 valence electrons. The van der Waals surface area contributed by atoms with Crippen LogP contribution in [0.2, 0.25) is 0 Å². The molecule has 1 saturated heterocycles. The van der Waals surface area contributed by atoms with Crippen molar-refractivity contribution in [2.45, 2.75) is 75.4 Å². The van der Waals surface area contributed by atoms with Crippen LogP contribution in [0.15, 0.2) is 121 Å². The number of hydrogen-bond acceptors (Lipinski definition) is 6. The highest BCUT2D eigenvalue weighted by atomic mass is 32.2. The SMILES string of the molecule is CC(C)S[C@@H]1O[C@H](COCc2ccccc2)[C@H](OCc2ccccc2)[C@H](OCc2ccccc2)[C@H]1OCc1ccccc1. The minimum atomic E-state index is -0.413. The second kappa shape index (κ2) is 16.8. The molecule has 0 N–H and O–H groups in total. The van der Waals surface area contributed by atoms with E-state index in [1.807, 2.05) is 72.8 Å². The highest BCUT2D eigenvalue weighted by Gasteiger charge is 2.48. The van der Waals surface area contributed by atoms with Gasteiger partial charge < -0.3 is 23.7 Å². The maximum atomic E-state index is 6.83. The Balaban J connectivity index is 1.42. The molecule has 5 atom stereocenters. The summed E-state index contributed by atoms with van der Waals surface area (Å²) in [6, 6.07) is 40.9. The first-order valence-electron chi connectivity index (χ1n) is 15.0. The van der Waals surface area contributed by atoms with Crippen molar-refractivity contribution in [2.24, 2.45) is 0 Å². The maximum absolute atomic E-state index is 6.83. The second-order valence-corrected chi connectivity index (χ2v) is 12.7. The lowest BCUT2D eigenvalue weighted by Crippen LogP contribution is -2.60. The molecule has 0 spiro atoms. The van der Waals surface area contributed by atoms with Gasteiger partial charge in [-0.05, 0) is 22.3 Å². The average Bonchev–Trinajstić information content (AvgIpc) is 3.04. The molecule has 6 heteroatoms. The first-order chi connectivity index (χ1) is 21.2. The number of hydrogen-bond donors (Lipinski definition) is 0. The van der Waals surface area contributed by atoms with Gasteiger partial charge in [0.05, 0.1) is 33.0 Å². The summed E-state index contributed by atoms with van der Waals surface area (Å²) < 4.78 is 33.3. The van der Waals surface area contributed by atoms with Crippen molar-refractivity contribution < 1.29 is 23.7 Å². The van der Waals surface area contributed by atoms with Crippen LogP contribution in [0.5, 0.6) is 0 Å². The molecule has 0 saturated carbocycles. The largest absolute Gasteiger partial charge is 0.374 e. The van der Waals surface area contributed by atoms with E-state index < -0.39 is 6.10 Å². The van der Waals surface area contributed by atoms with Crippen molar-refractivity contribution in [2.75, 3.05) is 6.61 Å². The molecule has 0 bridgehead atoms. The minimum absolute atomic E-state index is 0.258. The summed E-state index contributed by atoms with van der Waals surface area (Å²) in [5.74, 6) is 0. The highest BCUT2D eigenvalue weighted by molar-refractivity contribution is 8.00. The van der Waals surface area contributed by atoms with Gasteiger partial charge in [-0.1, -0.05) is 135 Å². The van der Waals surface area contributed by atoms with Gasteiger partial charge in [0.25, 0.3) is 0 Å². The summed E-state index contributed by atoms with van der Waals surface area (Å²) >= 11 is 1.76. The van der Waals surface area contributed by atoms with Crippen molar-refractivity contribution in [1.29, 1.82) is 0 Å². The summed E-state index contributed by atoms with van der Waals surface area (Å²) in [6.07, 6.45) is -1.50. The van der Waals surface area contributed by atoms with E-state index in [1.165, 1.54) is 0 Å². The molecule has 0 radical (unpaired) electrons. The fourth-order valence-electron chi connectivity index (χ4n) is 5.12. The molecule has 0 amide bonds. The van der Waals surface area contributed by atoms with Crippen LogP contribution in [0.25, 0.3) is 0 Å². The van der Waals surface area contributed by atoms with Crippen LogP contribution in [0.1, 0.15) is 36.1 Å². The number of ether oxygens (including phenoxy) is 5. The Kier molecular flexibility index (Phi) is 12.3. The lowest BCUT2D eigenvalue weighted by molar-refractivity contribution is -0.254. The summed E-state index contributed by atoms with van der Waals surface area (Å²) in [5, 5.41) is 0.329. The van der Waals surface area contributed by atoms with E-state index in [1.54, 1.807) is 11.8 Å². The maximum Gasteiger partial charge on any atom is 0.132 e. The van der Waals surface area contributed by atoms with Crippen molar-refractivity contribution in [3.8, 4) is 0 Å². The molecule has 1 heterocycles. The number of thioether (sulfide) groups is 1. The zero-order valence-corrected chi connectivity index (χ0v) is 25.8. The van der Waals surface area contributed by atoms with Crippen molar-refractivity contribution in [1.82, 2.24) is 0 Å². The highest BCUT2D eigenvalue weighted by Crippen LogP contribution is 2.37. The first-order valence-corrected chi connectivity index (χ1v) is 16.0. The van der Waals surface area contributed by atoms with Gasteiger partial charge in [0.1, 0.15) is 29.9 Å². The molecule has 4 aromatic rings. The Morgan fingerprint density at radius 3 is 1.37 bits per heavy atom. The van der Waals surface area contributed by atoms with E-state index in [0.717, 1.165) is 22.3 Å². The van der Waals surface area contributed by atoms with Gasteiger partial charge in [-0.15, -0.1) is 11.8 Å². The van der Waals surface area contributed by atoms with Gasteiger partial charge in [-0.25, -0.2) is 0 Å². The summed E-state index contributed by atoms with van der Waals surface area (Å²) in [6.45, 7) is 6.57. The third kappa shape index (κ3) is 9.77. The van der Waals surface area contributed by atoms with Gasteiger partial charge in [-0.2, -0.15) is 0 Å². The average molecular weight is 599 g/mol.